The molecule has 0 spiro atoms. The highest BCUT2D eigenvalue weighted by atomic mass is 19.1. The topological polar surface area (TPSA) is 15.3 Å². The van der Waals surface area contributed by atoms with Gasteiger partial charge in [0.25, 0.3) is 0 Å². The first-order valence-corrected chi connectivity index (χ1v) is 6.50. The standard InChI is InChI=1S/C16H19FN2/c1-19(2)11-3-4-13-5-6-15(16(17)12-13)14-7-9-18-10-8-14/h5-7,12,18H,8-11H2,1-2H3. The summed E-state index contributed by atoms with van der Waals surface area (Å²) in [7, 11) is 3.92. The van der Waals surface area contributed by atoms with Crippen molar-refractivity contribution in [2.75, 3.05) is 33.7 Å². The molecule has 1 N–H and O–H groups in total. The normalized spacial score (nSPS) is 14.8. The predicted octanol–water partition coefficient (Wildman–Crippen LogP) is 2.12. The minimum absolute atomic E-state index is 0.176. The molecule has 1 aliphatic rings. The van der Waals surface area contributed by atoms with Gasteiger partial charge in [0.1, 0.15) is 5.82 Å². The summed E-state index contributed by atoms with van der Waals surface area (Å²) in [5.41, 5.74) is 2.53. The van der Waals surface area contributed by atoms with Crippen molar-refractivity contribution < 1.29 is 4.39 Å². The van der Waals surface area contributed by atoms with Crippen LogP contribution in [0.15, 0.2) is 24.3 Å². The van der Waals surface area contributed by atoms with Crippen molar-refractivity contribution in [2.24, 2.45) is 0 Å². The molecule has 100 valence electrons. The predicted molar refractivity (Wildman–Crippen MR) is 77.3 cm³/mol. The lowest BCUT2D eigenvalue weighted by Crippen LogP contribution is -2.20. The van der Waals surface area contributed by atoms with E-state index in [1.54, 1.807) is 0 Å². The largest absolute Gasteiger partial charge is 0.313 e. The third-order valence-electron chi connectivity index (χ3n) is 3.01. The fourth-order valence-corrected chi connectivity index (χ4v) is 2.02. The fraction of sp³-hybridized carbons (Fsp3) is 0.375. The fourth-order valence-electron chi connectivity index (χ4n) is 2.02. The van der Waals surface area contributed by atoms with E-state index in [2.05, 4.69) is 23.2 Å². The second-order valence-corrected chi connectivity index (χ2v) is 4.92. The molecular weight excluding hydrogens is 239 g/mol. The zero-order chi connectivity index (χ0) is 13.7. The molecule has 0 radical (unpaired) electrons. The van der Waals surface area contributed by atoms with Crippen LogP contribution in [0.5, 0.6) is 0 Å². The van der Waals surface area contributed by atoms with E-state index in [1.807, 2.05) is 31.1 Å². The van der Waals surface area contributed by atoms with E-state index >= 15 is 0 Å². The van der Waals surface area contributed by atoms with Crippen molar-refractivity contribution in [1.29, 1.82) is 0 Å². The molecule has 1 heterocycles. The minimum atomic E-state index is -0.176. The SMILES string of the molecule is CN(C)CC#Cc1ccc(C2=CCNCC2)c(F)c1. The van der Waals surface area contributed by atoms with Crippen LogP contribution in [0, 0.1) is 17.7 Å². The van der Waals surface area contributed by atoms with Crippen LogP contribution < -0.4 is 5.32 Å². The molecule has 0 aliphatic carbocycles. The minimum Gasteiger partial charge on any atom is -0.313 e. The van der Waals surface area contributed by atoms with Crippen LogP contribution in [0.2, 0.25) is 0 Å². The molecular formula is C16H19FN2. The molecule has 0 unspecified atom stereocenters. The van der Waals surface area contributed by atoms with Gasteiger partial charge in [0.2, 0.25) is 0 Å². The van der Waals surface area contributed by atoms with Crippen LogP contribution in [-0.2, 0) is 0 Å². The summed E-state index contributed by atoms with van der Waals surface area (Å²) in [6, 6.07) is 5.26. The first-order chi connectivity index (χ1) is 9.16. The van der Waals surface area contributed by atoms with Gasteiger partial charge in [0.05, 0.1) is 6.54 Å². The summed E-state index contributed by atoms with van der Waals surface area (Å²) in [5, 5.41) is 3.23. The second kappa shape index (κ2) is 6.51. The van der Waals surface area contributed by atoms with Crippen molar-refractivity contribution in [2.45, 2.75) is 6.42 Å². The van der Waals surface area contributed by atoms with E-state index in [9.17, 15) is 4.39 Å². The van der Waals surface area contributed by atoms with Crippen LogP contribution in [-0.4, -0.2) is 38.6 Å². The van der Waals surface area contributed by atoms with E-state index in [4.69, 9.17) is 0 Å². The zero-order valence-corrected chi connectivity index (χ0v) is 11.5. The Morgan fingerprint density at radius 3 is 2.84 bits per heavy atom. The number of nitrogens with one attached hydrogen (secondary N) is 1. The number of nitrogens with zero attached hydrogens (tertiary/aromatic N) is 1. The highest BCUT2D eigenvalue weighted by Gasteiger charge is 2.10. The van der Waals surface area contributed by atoms with E-state index in [0.717, 1.165) is 30.6 Å². The molecule has 2 rings (SSSR count). The van der Waals surface area contributed by atoms with Crippen LogP contribution >= 0.6 is 0 Å². The van der Waals surface area contributed by atoms with Gasteiger partial charge in [-0.25, -0.2) is 4.39 Å². The van der Waals surface area contributed by atoms with Crippen molar-refractivity contribution in [3.63, 3.8) is 0 Å². The Labute approximate surface area is 114 Å². The highest BCUT2D eigenvalue weighted by molar-refractivity contribution is 5.67. The lowest BCUT2D eigenvalue weighted by Gasteiger charge is -2.14. The molecule has 0 saturated carbocycles. The Morgan fingerprint density at radius 2 is 2.21 bits per heavy atom. The Hall–Kier alpha value is -1.63. The quantitative estimate of drug-likeness (QED) is 0.817. The lowest BCUT2D eigenvalue weighted by molar-refractivity contribution is 0.464. The highest BCUT2D eigenvalue weighted by Crippen LogP contribution is 2.23. The van der Waals surface area contributed by atoms with Crippen LogP contribution in [0.1, 0.15) is 17.5 Å². The molecule has 0 bridgehead atoms. The van der Waals surface area contributed by atoms with Gasteiger partial charge in [0, 0.05) is 17.7 Å². The molecule has 0 saturated heterocycles. The van der Waals surface area contributed by atoms with Crippen LogP contribution in [0.3, 0.4) is 0 Å². The van der Waals surface area contributed by atoms with E-state index < -0.39 is 0 Å². The van der Waals surface area contributed by atoms with Crippen molar-refractivity contribution >= 4 is 5.57 Å². The average molecular weight is 258 g/mol. The van der Waals surface area contributed by atoms with Crippen molar-refractivity contribution in [3.8, 4) is 11.8 Å². The number of hydrogen-bond donors (Lipinski definition) is 1. The molecule has 0 amide bonds. The van der Waals surface area contributed by atoms with Gasteiger partial charge in [0.15, 0.2) is 0 Å². The summed E-state index contributed by atoms with van der Waals surface area (Å²) in [6.45, 7) is 2.41. The first kappa shape index (κ1) is 13.8. The maximum Gasteiger partial charge on any atom is 0.131 e. The van der Waals surface area contributed by atoms with Crippen LogP contribution in [0.4, 0.5) is 4.39 Å². The lowest BCUT2D eigenvalue weighted by atomic mass is 9.98. The summed E-state index contributed by atoms with van der Waals surface area (Å²) in [6.07, 6.45) is 2.93. The van der Waals surface area contributed by atoms with Gasteiger partial charge in [-0.3, -0.25) is 4.90 Å². The van der Waals surface area contributed by atoms with Gasteiger partial charge in [-0.15, -0.1) is 0 Å². The number of rotatable bonds is 2. The molecule has 3 heteroatoms. The first-order valence-electron chi connectivity index (χ1n) is 6.50. The van der Waals surface area contributed by atoms with Crippen molar-refractivity contribution in [1.82, 2.24) is 10.2 Å². The van der Waals surface area contributed by atoms with Gasteiger partial charge in [-0.1, -0.05) is 24.0 Å². The third kappa shape index (κ3) is 3.92. The van der Waals surface area contributed by atoms with Gasteiger partial charge in [-0.2, -0.15) is 0 Å². The van der Waals surface area contributed by atoms with E-state index in [1.165, 1.54) is 6.07 Å². The number of halogens is 1. The maximum atomic E-state index is 14.1. The molecule has 1 aromatic carbocycles. The average Bonchev–Trinajstić information content (AvgIpc) is 2.39. The molecule has 0 aromatic heterocycles. The Kier molecular flexibility index (Phi) is 4.73. The summed E-state index contributed by atoms with van der Waals surface area (Å²) < 4.78 is 14.1. The monoisotopic (exact) mass is 258 g/mol. The third-order valence-corrected chi connectivity index (χ3v) is 3.01. The molecule has 0 fully saturated rings. The van der Waals surface area contributed by atoms with E-state index in [0.29, 0.717) is 12.1 Å². The molecule has 1 aliphatic heterocycles. The van der Waals surface area contributed by atoms with Crippen molar-refractivity contribution in [3.05, 3.63) is 41.2 Å². The number of benzene rings is 1. The second-order valence-electron chi connectivity index (χ2n) is 4.92. The Balaban J connectivity index is 2.16. The molecule has 0 atom stereocenters. The van der Waals surface area contributed by atoms with Gasteiger partial charge < -0.3 is 5.32 Å². The number of hydrogen-bond acceptors (Lipinski definition) is 2. The van der Waals surface area contributed by atoms with Gasteiger partial charge >= 0.3 is 0 Å². The summed E-state index contributed by atoms with van der Waals surface area (Å²) in [4.78, 5) is 1.98. The summed E-state index contributed by atoms with van der Waals surface area (Å²) in [5.74, 6) is 5.82. The van der Waals surface area contributed by atoms with Gasteiger partial charge in [-0.05, 0) is 44.8 Å². The Bertz CT molecular complexity index is 535. The zero-order valence-electron chi connectivity index (χ0n) is 11.5. The van der Waals surface area contributed by atoms with E-state index in [-0.39, 0.29) is 5.82 Å². The molecule has 2 nitrogen and oxygen atoms in total. The summed E-state index contributed by atoms with van der Waals surface area (Å²) >= 11 is 0. The molecule has 1 aromatic rings. The Morgan fingerprint density at radius 1 is 1.37 bits per heavy atom. The smallest absolute Gasteiger partial charge is 0.131 e. The molecule has 19 heavy (non-hydrogen) atoms. The van der Waals surface area contributed by atoms with Crippen LogP contribution in [0.25, 0.3) is 5.57 Å². The maximum absolute atomic E-state index is 14.1.